The average molecular weight is 481 g/mol. The van der Waals surface area contributed by atoms with Crippen molar-refractivity contribution in [3.05, 3.63) is 70.8 Å². The van der Waals surface area contributed by atoms with Crippen molar-refractivity contribution in [2.45, 2.75) is 117 Å². The Morgan fingerprint density at radius 2 is 1.06 bits per heavy atom. The number of benzene rings is 2. The Morgan fingerprint density at radius 3 is 1.67 bits per heavy atom. The lowest BCUT2D eigenvalue weighted by atomic mass is 9.78. The first-order valence-electron chi connectivity index (χ1n) is 15.0. The molecule has 3 rings (SSSR count). The summed E-state index contributed by atoms with van der Waals surface area (Å²) in [7, 11) is 0. The van der Waals surface area contributed by atoms with E-state index in [9.17, 15) is 0 Å². The van der Waals surface area contributed by atoms with Crippen LogP contribution in [0.4, 0.5) is 0 Å². The summed E-state index contributed by atoms with van der Waals surface area (Å²) < 4.78 is 0. The molecule has 1 aliphatic carbocycles. The smallest absolute Gasteiger partial charge is 0.0249 e. The van der Waals surface area contributed by atoms with Crippen LogP contribution in [0.1, 0.15) is 132 Å². The maximum Gasteiger partial charge on any atom is 0.0249 e. The predicted octanol–water partition coefficient (Wildman–Crippen LogP) is 10.1. The minimum atomic E-state index is 0.936. The van der Waals surface area contributed by atoms with Crippen molar-refractivity contribution in [1.82, 2.24) is 0 Å². The van der Waals surface area contributed by atoms with Crippen LogP contribution in [0.2, 0.25) is 0 Å². The van der Waals surface area contributed by atoms with Gasteiger partial charge in [-0.25, -0.2) is 0 Å². The third-order valence-electron chi connectivity index (χ3n) is 7.85. The van der Waals surface area contributed by atoms with Crippen LogP contribution in [0.3, 0.4) is 0 Å². The van der Waals surface area contributed by atoms with Crippen LogP contribution < -0.4 is 0 Å². The Morgan fingerprint density at radius 1 is 0.556 bits per heavy atom. The van der Waals surface area contributed by atoms with Gasteiger partial charge in [-0.05, 0) is 73.1 Å². The van der Waals surface area contributed by atoms with Gasteiger partial charge in [-0.3, -0.25) is 0 Å². The van der Waals surface area contributed by atoms with Crippen molar-refractivity contribution in [3.8, 4) is 23.7 Å². The molecule has 0 amide bonds. The van der Waals surface area contributed by atoms with Gasteiger partial charge in [-0.1, -0.05) is 127 Å². The highest BCUT2D eigenvalue weighted by Gasteiger charge is 2.20. The van der Waals surface area contributed by atoms with Crippen LogP contribution in [-0.2, 0) is 6.42 Å². The fraction of sp³-hybridized carbons (Fsp3) is 0.556. The molecule has 0 radical (unpaired) electrons. The molecular weight excluding hydrogens is 432 g/mol. The van der Waals surface area contributed by atoms with Gasteiger partial charge in [0, 0.05) is 23.1 Å². The third kappa shape index (κ3) is 11.1. The third-order valence-corrected chi connectivity index (χ3v) is 7.85. The summed E-state index contributed by atoms with van der Waals surface area (Å²) in [6.45, 7) is 4.58. The van der Waals surface area contributed by atoms with Crippen molar-refractivity contribution in [1.29, 1.82) is 0 Å². The quantitative estimate of drug-likeness (QED) is 0.209. The second-order valence-corrected chi connectivity index (χ2v) is 10.9. The minimum absolute atomic E-state index is 0.936. The molecule has 0 bridgehead atoms. The highest BCUT2D eigenvalue weighted by Crippen LogP contribution is 2.34. The van der Waals surface area contributed by atoms with Gasteiger partial charge in [0.05, 0.1) is 0 Å². The summed E-state index contributed by atoms with van der Waals surface area (Å²) in [5.41, 5.74) is 4.69. The molecule has 0 heterocycles. The SMILES string of the molecule is CCCCCCCCC#Cc1ccc(C#Cc2ccc(CCC3CCC(CCCC)CC3)cc2)cc1. The van der Waals surface area contributed by atoms with Gasteiger partial charge < -0.3 is 0 Å². The molecule has 1 fully saturated rings. The van der Waals surface area contributed by atoms with E-state index in [4.69, 9.17) is 0 Å². The lowest BCUT2D eigenvalue weighted by Gasteiger charge is -2.28. The van der Waals surface area contributed by atoms with Crippen molar-refractivity contribution < 1.29 is 0 Å². The molecule has 0 nitrogen and oxygen atoms in total. The second-order valence-electron chi connectivity index (χ2n) is 10.9. The molecule has 0 N–H and O–H groups in total. The number of unbranched alkanes of at least 4 members (excludes halogenated alkanes) is 7. The van der Waals surface area contributed by atoms with Crippen molar-refractivity contribution in [2.24, 2.45) is 11.8 Å². The number of rotatable bonds is 12. The summed E-state index contributed by atoms with van der Waals surface area (Å²) in [6.07, 6.45) is 21.5. The summed E-state index contributed by atoms with van der Waals surface area (Å²) in [6, 6.07) is 17.3. The fourth-order valence-corrected chi connectivity index (χ4v) is 5.37. The zero-order valence-corrected chi connectivity index (χ0v) is 23.1. The molecular formula is C36H48. The normalized spacial score (nSPS) is 17.1. The molecule has 1 saturated carbocycles. The Labute approximate surface area is 222 Å². The molecule has 2 aromatic carbocycles. The van der Waals surface area contributed by atoms with Crippen LogP contribution >= 0.6 is 0 Å². The number of hydrogen-bond acceptors (Lipinski definition) is 0. The van der Waals surface area contributed by atoms with Gasteiger partial charge in [0.25, 0.3) is 0 Å². The van der Waals surface area contributed by atoms with Crippen molar-refractivity contribution in [2.75, 3.05) is 0 Å². The topological polar surface area (TPSA) is 0 Å². The van der Waals surface area contributed by atoms with E-state index in [0.29, 0.717) is 0 Å². The first-order chi connectivity index (χ1) is 17.8. The lowest BCUT2D eigenvalue weighted by molar-refractivity contribution is 0.250. The van der Waals surface area contributed by atoms with Crippen LogP contribution in [0.15, 0.2) is 48.5 Å². The van der Waals surface area contributed by atoms with E-state index >= 15 is 0 Å². The molecule has 2 aromatic rings. The van der Waals surface area contributed by atoms with E-state index in [1.165, 1.54) is 102 Å². The van der Waals surface area contributed by atoms with E-state index in [2.05, 4.69) is 86.1 Å². The van der Waals surface area contributed by atoms with E-state index in [-0.39, 0.29) is 0 Å². The van der Waals surface area contributed by atoms with Crippen LogP contribution in [0, 0.1) is 35.5 Å². The Hall–Kier alpha value is -2.44. The van der Waals surface area contributed by atoms with E-state index in [0.717, 1.165) is 34.9 Å². The molecule has 0 aromatic heterocycles. The monoisotopic (exact) mass is 480 g/mol. The molecule has 0 saturated heterocycles. The van der Waals surface area contributed by atoms with Gasteiger partial charge in [0.1, 0.15) is 0 Å². The van der Waals surface area contributed by atoms with E-state index in [1.807, 2.05) is 0 Å². The van der Waals surface area contributed by atoms with Crippen molar-refractivity contribution >= 4 is 0 Å². The van der Waals surface area contributed by atoms with Crippen LogP contribution in [-0.4, -0.2) is 0 Å². The number of hydrogen-bond donors (Lipinski definition) is 0. The summed E-state index contributed by atoms with van der Waals surface area (Å²) in [4.78, 5) is 0. The zero-order chi connectivity index (χ0) is 25.3. The zero-order valence-electron chi connectivity index (χ0n) is 23.1. The van der Waals surface area contributed by atoms with Crippen molar-refractivity contribution in [3.63, 3.8) is 0 Å². The van der Waals surface area contributed by atoms with E-state index in [1.54, 1.807) is 0 Å². The summed E-state index contributed by atoms with van der Waals surface area (Å²) in [5.74, 6) is 15.2. The molecule has 1 aliphatic rings. The first kappa shape index (κ1) is 28.1. The second kappa shape index (κ2) is 17.1. The summed E-state index contributed by atoms with van der Waals surface area (Å²) in [5, 5.41) is 0. The summed E-state index contributed by atoms with van der Waals surface area (Å²) >= 11 is 0. The largest absolute Gasteiger partial charge is 0.0979 e. The average Bonchev–Trinajstić information content (AvgIpc) is 2.93. The molecule has 0 aliphatic heterocycles. The maximum atomic E-state index is 3.33. The Balaban J connectivity index is 1.37. The van der Waals surface area contributed by atoms with Gasteiger partial charge in [0.2, 0.25) is 0 Å². The van der Waals surface area contributed by atoms with Gasteiger partial charge in [0.15, 0.2) is 0 Å². The van der Waals surface area contributed by atoms with Gasteiger partial charge >= 0.3 is 0 Å². The Bertz CT molecular complexity index is 963. The molecule has 0 spiro atoms. The van der Waals surface area contributed by atoms with Gasteiger partial charge in [-0.15, -0.1) is 0 Å². The van der Waals surface area contributed by atoms with Crippen LogP contribution in [0.5, 0.6) is 0 Å². The maximum absolute atomic E-state index is 3.33. The fourth-order valence-electron chi connectivity index (χ4n) is 5.37. The van der Waals surface area contributed by atoms with Crippen LogP contribution in [0.25, 0.3) is 0 Å². The van der Waals surface area contributed by atoms with E-state index < -0.39 is 0 Å². The standard InChI is InChI=1S/C36H48/c1-3-5-7-8-9-10-11-12-14-32-17-21-34(22-18-32)24-26-36-29-27-35(28-30-36)25-23-33-19-15-31(16-20-33)13-6-4-2/h17-18,21-22,27-31,33H,3-11,13,15-16,19-20,23,25H2,1-2H3. The highest BCUT2D eigenvalue weighted by molar-refractivity contribution is 5.46. The molecule has 192 valence electrons. The molecule has 36 heavy (non-hydrogen) atoms. The first-order valence-corrected chi connectivity index (χ1v) is 15.0. The highest BCUT2D eigenvalue weighted by atomic mass is 14.3. The minimum Gasteiger partial charge on any atom is -0.0979 e. The molecule has 0 atom stereocenters. The van der Waals surface area contributed by atoms with Gasteiger partial charge in [-0.2, -0.15) is 0 Å². The molecule has 0 unspecified atom stereocenters. The predicted molar refractivity (Wildman–Crippen MR) is 157 cm³/mol. The Kier molecular flexibility index (Phi) is 13.4. The number of aryl methyl sites for hydroxylation is 1. The lowest BCUT2D eigenvalue weighted by Crippen LogP contribution is -2.15. The molecule has 0 heteroatoms.